The Bertz CT molecular complexity index is 1480. The predicted octanol–water partition coefficient (Wildman–Crippen LogP) is 7.06. The molecule has 6 nitrogen and oxygen atoms in total. The van der Waals surface area contributed by atoms with Crippen molar-refractivity contribution in [2.24, 2.45) is 5.41 Å². The number of thiazole rings is 1. The van der Waals surface area contributed by atoms with Gasteiger partial charge in [0.2, 0.25) is 0 Å². The molecule has 1 aliphatic carbocycles. The molecule has 0 spiro atoms. The van der Waals surface area contributed by atoms with Crippen LogP contribution in [-0.2, 0) is 14.3 Å². The molecule has 5 rings (SSSR count). The first kappa shape index (κ1) is 26.0. The van der Waals surface area contributed by atoms with Crippen molar-refractivity contribution in [3.63, 3.8) is 0 Å². The lowest BCUT2D eigenvalue weighted by Gasteiger charge is -2.31. The summed E-state index contributed by atoms with van der Waals surface area (Å²) in [5, 5.41) is 12.1. The number of hydrogen-bond acceptors (Lipinski definition) is 7. The molecule has 194 valence electrons. The number of hydrogen-bond donors (Lipinski definition) is 1. The molecule has 1 aromatic heterocycles. The van der Waals surface area contributed by atoms with Crippen LogP contribution >= 0.6 is 23.1 Å². The van der Waals surface area contributed by atoms with E-state index in [1.807, 2.05) is 66.8 Å². The molecule has 2 heterocycles. The first-order valence-electron chi connectivity index (χ1n) is 12.5. The molecule has 2 aromatic carbocycles. The number of carboxylic acids is 1. The van der Waals surface area contributed by atoms with Gasteiger partial charge in [0.15, 0.2) is 5.41 Å². The average Bonchev–Trinajstić information content (AvgIpc) is 3.51. The van der Waals surface area contributed by atoms with Crippen molar-refractivity contribution in [2.45, 2.75) is 31.6 Å². The van der Waals surface area contributed by atoms with Crippen molar-refractivity contribution in [2.75, 3.05) is 18.1 Å². The smallest absolute Gasteiger partial charge is 0.324 e. The second kappa shape index (κ2) is 11.0. The van der Waals surface area contributed by atoms with Crippen LogP contribution in [0.2, 0.25) is 0 Å². The van der Waals surface area contributed by atoms with Crippen LogP contribution < -0.4 is 4.90 Å². The highest BCUT2D eigenvalue weighted by atomic mass is 32.2. The fourth-order valence-corrected chi connectivity index (χ4v) is 6.79. The van der Waals surface area contributed by atoms with Crippen LogP contribution in [0.25, 0.3) is 16.3 Å². The number of allylic oxidation sites excluding steroid dienone is 6. The molecule has 0 amide bonds. The van der Waals surface area contributed by atoms with Crippen molar-refractivity contribution in [3.8, 4) is 0 Å². The van der Waals surface area contributed by atoms with E-state index >= 15 is 0 Å². The van der Waals surface area contributed by atoms with Gasteiger partial charge in [0.25, 0.3) is 0 Å². The van der Waals surface area contributed by atoms with Gasteiger partial charge >= 0.3 is 11.9 Å². The summed E-state index contributed by atoms with van der Waals surface area (Å²) in [6, 6.07) is 16.2. The Morgan fingerprint density at radius 2 is 1.87 bits per heavy atom. The predicted molar refractivity (Wildman–Crippen MR) is 154 cm³/mol. The lowest BCUT2D eigenvalue weighted by atomic mass is 9.72. The number of aliphatic carboxylic acids is 1. The number of ether oxygens (including phenoxy) is 1. The number of anilines is 1. The molecule has 1 unspecified atom stereocenters. The summed E-state index contributed by atoms with van der Waals surface area (Å²) in [5.41, 5.74) is 1.90. The van der Waals surface area contributed by atoms with Gasteiger partial charge in [-0.2, -0.15) is 0 Å². The fourth-order valence-electron chi connectivity index (χ4n) is 4.79. The summed E-state index contributed by atoms with van der Waals surface area (Å²) in [5.74, 6) is -1.88. The highest BCUT2D eigenvalue weighted by Crippen LogP contribution is 2.46. The van der Waals surface area contributed by atoms with E-state index in [0.29, 0.717) is 0 Å². The van der Waals surface area contributed by atoms with Crippen LogP contribution in [0, 0.1) is 5.41 Å². The van der Waals surface area contributed by atoms with Crippen LogP contribution in [0.1, 0.15) is 31.7 Å². The summed E-state index contributed by atoms with van der Waals surface area (Å²) < 4.78 is 6.35. The van der Waals surface area contributed by atoms with Crippen molar-refractivity contribution in [3.05, 3.63) is 94.0 Å². The highest BCUT2D eigenvalue weighted by Gasteiger charge is 2.50. The summed E-state index contributed by atoms with van der Waals surface area (Å²) in [4.78, 5) is 33.7. The molecule has 2 aliphatic rings. The number of nitrogens with zero attached hydrogens (tertiary/aromatic N) is 2. The molecule has 1 N–H and O–H groups in total. The summed E-state index contributed by atoms with van der Waals surface area (Å²) >= 11 is 3.25. The van der Waals surface area contributed by atoms with Gasteiger partial charge in [-0.05, 0) is 74.3 Å². The molecule has 3 aromatic rings. The number of thioether (sulfide) groups is 1. The minimum absolute atomic E-state index is 0.0533. The van der Waals surface area contributed by atoms with E-state index in [1.54, 1.807) is 30.0 Å². The number of carbonyl (C=O) groups is 2. The van der Waals surface area contributed by atoms with Gasteiger partial charge in [0.05, 0.1) is 27.5 Å². The number of fused-ring (bicyclic) bond motifs is 2. The normalized spacial score (nSPS) is 21.3. The molecule has 0 saturated heterocycles. The number of carbonyl (C=O) groups excluding carboxylic acids is 1. The van der Waals surface area contributed by atoms with Gasteiger partial charge in [-0.3, -0.25) is 9.59 Å². The zero-order chi connectivity index (χ0) is 26.7. The second-order valence-corrected chi connectivity index (χ2v) is 11.2. The van der Waals surface area contributed by atoms with E-state index in [1.165, 1.54) is 4.90 Å². The Labute approximate surface area is 230 Å². The minimum Gasteiger partial charge on any atom is -0.480 e. The maximum Gasteiger partial charge on any atom is 0.324 e. The van der Waals surface area contributed by atoms with Crippen LogP contribution in [0.5, 0.6) is 0 Å². The first-order chi connectivity index (χ1) is 18.4. The van der Waals surface area contributed by atoms with E-state index in [4.69, 9.17) is 4.74 Å². The molecular weight excluding hydrogens is 516 g/mol. The fraction of sp³-hybridized carbons (Fsp3) is 0.233. The standard InChI is InChI=1S/C30H28N2O4S2/c1-3-32-23-10-6-8-12-25(23)38-27(32)16-14-21-17-20(18-30(19-21,28(33)34)29(35)36-4-2)13-15-26-31-22-9-5-7-11-24(22)37-26/h5-17H,3-4,18-19H2,1-2H3,(H,33,34)/b15-13+,21-14-,27-16-. The quantitative estimate of drug-likeness (QED) is 0.252. The third-order valence-electron chi connectivity index (χ3n) is 6.60. The number of benzene rings is 2. The second-order valence-electron chi connectivity index (χ2n) is 9.09. The van der Waals surface area contributed by atoms with E-state index < -0.39 is 17.4 Å². The summed E-state index contributed by atoms with van der Waals surface area (Å²) in [7, 11) is 0. The number of aromatic nitrogens is 1. The molecular formula is C30H28N2O4S2. The van der Waals surface area contributed by atoms with Gasteiger partial charge in [0, 0.05) is 11.4 Å². The van der Waals surface area contributed by atoms with Gasteiger partial charge in [-0.1, -0.05) is 54.3 Å². The highest BCUT2D eigenvalue weighted by molar-refractivity contribution is 8.03. The Morgan fingerprint density at radius 3 is 2.63 bits per heavy atom. The maximum absolute atomic E-state index is 13.0. The van der Waals surface area contributed by atoms with Crippen molar-refractivity contribution < 1.29 is 19.4 Å². The number of carboxylic acid groups (broad SMARTS) is 1. The number of para-hydroxylation sites is 2. The molecule has 0 bridgehead atoms. The molecule has 0 radical (unpaired) electrons. The zero-order valence-electron chi connectivity index (χ0n) is 21.2. The SMILES string of the molecule is CCOC(=O)C1(C(=O)O)CC(/C=C/c2nc3ccccc3s2)=CC(=C/C=C2\Sc3ccccc3N2CC)/C1. The lowest BCUT2D eigenvalue weighted by Crippen LogP contribution is -2.42. The van der Waals surface area contributed by atoms with Crippen molar-refractivity contribution in [1.82, 2.24) is 4.98 Å². The monoisotopic (exact) mass is 544 g/mol. The minimum atomic E-state index is -1.68. The molecule has 38 heavy (non-hydrogen) atoms. The van der Waals surface area contributed by atoms with E-state index in [2.05, 4.69) is 28.9 Å². The third kappa shape index (κ3) is 5.06. The molecule has 0 fully saturated rings. The largest absolute Gasteiger partial charge is 0.480 e. The Morgan fingerprint density at radius 1 is 1.08 bits per heavy atom. The zero-order valence-corrected chi connectivity index (χ0v) is 22.8. The van der Waals surface area contributed by atoms with Crippen LogP contribution in [0.4, 0.5) is 5.69 Å². The molecule has 1 aliphatic heterocycles. The van der Waals surface area contributed by atoms with Gasteiger partial charge in [-0.15, -0.1) is 11.3 Å². The molecule has 0 saturated carbocycles. The molecule has 1 atom stereocenters. The summed E-state index contributed by atoms with van der Waals surface area (Å²) in [6.45, 7) is 4.73. The van der Waals surface area contributed by atoms with Crippen LogP contribution in [0.3, 0.4) is 0 Å². The van der Waals surface area contributed by atoms with Crippen LogP contribution in [-0.4, -0.2) is 35.2 Å². The number of rotatable bonds is 7. The van der Waals surface area contributed by atoms with Gasteiger partial charge in [0.1, 0.15) is 5.01 Å². The van der Waals surface area contributed by atoms with E-state index in [-0.39, 0.29) is 19.4 Å². The van der Waals surface area contributed by atoms with Gasteiger partial charge in [-0.25, -0.2) is 4.98 Å². The van der Waals surface area contributed by atoms with E-state index in [9.17, 15) is 14.7 Å². The average molecular weight is 545 g/mol. The number of esters is 1. The van der Waals surface area contributed by atoms with E-state index in [0.717, 1.165) is 43.6 Å². The van der Waals surface area contributed by atoms with Crippen LogP contribution in [0.15, 0.2) is 93.9 Å². The third-order valence-corrected chi connectivity index (χ3v) is 8.73. The lowest BCUT2D eigenvalue weighted by molar-refractivity contribution is -0.168. The Hall–Kier alpha value is -3.62. The topological polar surface area (TPSA) is 79.7 Å². The van der Waals surface area contributed by atoms with Crippen molar-refractivity contribution in [1.29, 1.82) is 0 Å². The Kier molecular flexibility index (Phi) is 7.53. The maximum atomic E-state index is 13.0. The van der Waals surface area contributed by atoms with Gasteiger partial charge < -0.3 is 14.7 Å². The Balaban J connectivity index is 1.51. The van der Waals surface area contributed by atoms with Crippen molar-refractivity contribution >= 4 is 57.0 Å². The molecule has 8 heteroatoms. The first-order valence-corrected chi connectivity index (χ1v) is 14.2. The summed E-state index contributed by atoms with van der Waals surface area (Å²) in [6.07, 6.45) is 9.79.